The van der Waals surface area contributed by atoms with Gasteiger partial charge in [-0.15, -0.1) is 0 Å². The van der Waals surface area contributed by atoms with Crippen molar-refractivity contribution in [2.75, 3.05) is 11.9 Å². The Morgan fingerprint density at radius 3 is 2.46 bits per heavy atom. The van der Waals surface area contributed by atoms with Gasteiger partial charge in [0.05, 0.1) is 20.5 Å². The number of benzene rings is 2. The Bertz CT molecular complexity index is 990. The van der Waals surface area contributed by atoms with E-state index in [0.29, 0.717) is 38.1 Å². The third-order valence-corrected chi connectivity index (χ3v) is 4.83. The molecule has 0 saturated carbocycles. The molecular formula is C19H15Br2N3O4. The van der Waals surface area contributed by atoms with Gasteiger partial charge in [0.15, 0.2) is 0 Å². The Morgan fingerprint density at radius 1 is 1.32 bits per heavy atom. The number of nitrogens with zero attached hydrogens (tertiary/aromatic N) is 2. The van der Waals surface area contributed by atoms with E-state index in [1.807, 2.05) is 13.0 Å². The summed E-state index contributed by atoms with van der Waals surface area (Å²) in [6, 6.07) is 9.42. The minimum Gasteiger partial charge on any atom is -0.492 e. The number of ether oxygens (including phenoxy) is 1. The van der Waals surface area contributed by atoms with E-state index in [2.05, 4.69) is 37.2 Å². The van der Waals surface area contributed by atoms with Crippen molar-refractivity contribution in [3.8, 4) is 11.8 Å². The molecule has 28 heavy (non-hydrogen) atoms. The van der Waals surface area contributed by atoms with Gasteiger partial charge in [-0.1, -0.05) is 0 Å². The Labute approximate surface area is 178 Å². The zero-order chi connectivity index (χ0) is 20.8. The third-order valence-electron chi connectivity index (χ3n) is 3.65. The van der Waals surface area contributed by atoms with Gasteiger partial charge in [-0.25, -0.2) is 0 Å². The molecule has 2 rings (SSSR count). The van der Waals surface area contributed by atoms with E-state index in [4.69, 9.17) is 4.74 Å². The van der Waals surface area contributed by atoms with E-state index in [-0.39, 0.29) is 11.3 Å². The molecule has 0 aromatic heterocycles. The third kappa shape index (κ3) is 5.18. The molecule has 0 aliphatic rings. The predicted molar refractivity (Wildman–Crippen MR) is 113 cm³/mol. The number of nitro benzene ring substituents is 1. The summed E-state index contributed by atoms with van der Waals surface area (Å²) < 4.78 is 6.87. The van der Waals surface area contributed by atoms with Gasteiger partial charge in [0.2, 0.25) is 0 Å². The topological polar surface area (TPSA) is 105 Å². The highest BCUT2D eigenvalue weighted by Gasteiger charge is 2.14. The van der Waals surface area contributed by atoms with Crippen molar-refractivity contribution in [2.45, 2.75) is 13.8 Å². The molecule has 0 unspecified atom stereocenters. The van der Waals surface area contributed by atoms with Crippen LogP contribution in [0.1, 0.15) is 18.1 Å². The van der Waals surface area contributed by atoms with E-state index in [1.165, 1.54) is 24.3 Å². The van der Waals surface area contributed by atoms with Gasteiger partial charge >= 0.3 is 0 Å². The molecule has 9 heteroatoms. The summed E-state index contributed by atoms with van der Waals surface area (Å²) in [6.45, 7) is 4.00. The summed E-state index contributed by atoms with van der Waals surface area (Å²) in [5, 5.41) is 22.8. The number of carbonyl (C=O) groups is 1. The van der Waals surface area contributed by atoms with Crippen LogP contribution in [-0.2, 0) is 4.79 Å². The predicted octanol–water partition coefficient (Wildman–Crippen LogP) is 5.37. The molecule has 0 spiro atoms. The molecule has 144 valence electrons. The van der Waals surface area contributed by atoms with Crippen molar-refractivity contribution >= 4 is 55.2 Å². The van der Waals surface area contributed by atoms with E-state index in [9.17, 15) is 20.2 Å². The van der Waals surface area contributed by atoms with E-state index in [0.717, 1.165) is 0 Å². The highest BCUT2D eigenvalue weighted by Crippen LogP contribution is 2.35. The van der Waals surface area contributed by atoms with Crippen LogP contribution < -0.4 is 10.1 Å². The van der Waals surface area contributed by atoms with Crippen LogP contribution in [0.3, 0.4) is 0 Å². The lowest BCUT2D eigenvalue weighted by atomic mass is 10.1. The van der Waals surface area contributed by atoms with Crippen molar-refractivity contribution in [1.82, 2.24) is 0 Å². The molecule has 0 radical (unpaired) electrons. The zero-order valence-electron chi connectivity index (χ0n) is 15.0. The van der Waals surface area contributed by atoms with Crippen molar-refractivity contribution in [3.63, 3.8) is 0 Å². The number of amides is 1. The van der Waals surface area contributed by atoms with Crippen molar-refractivity contribution in [3.05, 3.63) is 66.1 Å². The van der Waals surface area contributed by atoms with Crippen LogP contribution in [0.15, 0.2) is 44.9 Å². The Kier molecular flexibility index (Phi) is 7.31. The molecule has 7 nitrogen and oxygen atoms in total. The van der Waals surface area contributed by atoms with Gasteiger partial charge in [0, 0.05) is 17.8 Å². The molecular weight excluding hydrogens is 494 g/mol. The highest BCUT2D eigenvalue weighted by atomic mass is 79.9. The minimum atomic E-state index is -0.611. The van der Waals surface area contributed by atoms with Gasteiger partial charge < -0.3 is 10.1 Å². The number of halogens is 2. The number of nitriles is 1. The van der Waals surface area contributed by atoms with Crippen LogP contribution in [0, 0.1) is 28.4 Å². The van der Waals surface area contributed by atoms with E-state index >= 15 is 0 Å². The Hall–Kier alpha value is -2.70. The van der Waals surface area contributed by atoms with Crippen LogP contribution in [0.5, 0.6) is 5.75 Å². The van der Waals surface area contributed by atoms with Crippen molar-refractivity contribution in [1.29, 1.82) is 5.26 Å². The molecule has 0 aliphatic heterocycles. The summed E-state index contributed by atoms with van der Waals surface area (Å²) in [6.07, 6.45) is 1.45. The number of anilines is 1. The van der Waals surface area contributed by atoms with Gasteiger partial charge in [-0.3, -0.25) is 14.9 Å². The number of hydrogen-bond acceptors (Lipinski definition) is 5. The van der Waals surface area contributed by atoms with Crippen LogP contribution >= 0.6 is 31.9 Å². The first-order valence-corrected chi connectivity index (χ1v) is 9.65. The number of rotatable bonds is 6. The second-order valence-electron chi connectivity index (χ2n) is 5.63. The Balaban J connectivity index is 2.29. The number of hydrogen-bond donors (Lipinski definition) is 1. The van der Waals surface area contributed by atoms with Gasteiger partial charge in [-0.2, -0.15) is 5.26 Å². The summed E-state index contributed by atoms with van der Waals surface area (Å²) in [7, 11) is 0. The van der Waals surface area contributed by atoms with Crippen molar-refractivity contribution < 1.29 is 14.5 Å². The first-order chi connectivity index (χ1) is 13.3. The average Bonchev–Trinajstić information content (AvgIpc) is 2.64. The molecule has 0 atom stereocenters. The minimum absolute atomic E-state index is 0.0735. The maximum Gasteiger partial charge on any atom is 0.269 e. The van der Waals surface area contributed by atoms with E-state index in [1.54, 1.807) is 19.1 Å². The summed E-state index contributed by atoms with van der Waals surface area (Å²) in [4.78, 5) is 22.8. The Morgan fingerprint density at radius 2 is 1.96 bits per heavy atom. The summed E-state index contributed by atoms with van der Waals surface area (Å²) >= 11 is 6.81. The number of aryl methyl sites for hydroxylation is 1. The molecule has 0 heterocycles. The lowest BCUT2D eigenvalue weighted by Crippen LogP contribution is -2.14. The van der Waals surface area contributed by atoms with Crippen LogP contribution in [0.2, 0.25) is 0 Å². The normalized spacial score (nSPS) is 10.9. The molecule has 2 aromatic rings. The fraction of sp³-hybridized carbons (Fsp3) is 0.158. The molecule has 1 amide bonds. The molecule has 2 aromatic carbocycles. The fourth-order valence-corrected chi connectivity index (χ4v) is 3.80. The average molecular weight is 509 g/mol. The monoisotopic (exact) mass is 507 g/mol. The summed E-state index contributed by atoms with van der Waals surface area (Å²) in [5.74, 6) is 0.0182. The molecule has 0 aliphatic carbocycles. The number of nitrogens with one attached hydrogen (secondary N) is 1. The highest BCUT2D eigenvalue weighted by molar-refractivity contribution is 9.11. The first kappa shape index (κ1) is 21.6. The molecule has 0 fully saturated rings. The van der Waals surface area contributed by atoms with Crippen molar-refractivity contribution in [2.24, 2.45) is 0 Å². The zero-order valence-corrected chi connectivity index (χ0v) is 18.1. The molecule has 0 saturated heterocycles. The molecule has 0 bridgehead atoms. The summed E-state index contributed by atoms with van der Waals surface area (Å²) in [5.41, 5.74) is 1.35. The lowest BCUT2D eigenvalue weighted by molar-refractivity contribution is -0.384. The maximum atomic E-state index is 12.5. The van der Waals surface area contributed by atoms with Crippen LogP contribution in [0.25, 0.3) is 6.08 Å². The van der Waals surface area contributed by atoms with E-state index < -0.39 is 10.8 Å². The maximum absolute atomic E-state index is 12.5. The SMILES string of the molecule is CCOc1c(Br)cc(C=C(C#N)C(=O)Nc2ccc([N+](=O)[O-])cc2C)cc1Br. The second kappa shape index (κ2) is 9.48. The second-order valence-corrected chi connectivity index (χ2v) is 7.34. The quantitative estimate of drug-likeness (QED) is 0.244. The molecule has 1 N–H and O–H groups in total. The number of non-ortho nitro benzene ring substituents is 1. The van der Waals surface area contributed by atoms with Gasteiger partial charge in [0.1, 0.15) is 17.4 Å². The standard InChI is InChI=1S/C19H15Br2N3O4/c1-3-28-18-15(20)8-12(9-16(18)21)7-13(10-22)19(25)23-17-5-4-14(24(26)27)6-11(17)2/h4-9H,3H2,1-2H3,(H,23,25). The van der Waals surface area contributed by atoms with Gasteiger partial charge in [-0.05, 0) is 81.1 Å². The number of carbonyl (C=O) groups excluding carboxylic acids is 1. The first-order valence-electron chi connectivity index (χ1n) is 8.06. The smallest absolute Gasteiger partial charge is 0.269 e. The van der Waals surface area contributed by atoms with Gasteiger partial charge in [0.25, 0.3) is 11.6 Å². The largest absolute Gasteiger partial charge is 0.492 e. The fourth-order valence-electron chi connectivity index (χ4n) is 2.35. The van der Waals surface area contributed by atoms with Crippen LogP contribution in [0.4, 0.5) is 11.4 Å². The lowest BCUT2D eigenvalue weighted by Gasteiger charge is -2.10. The number of nitro groups is 1. The van der Waals surface area contributed by atoms with Crippen LogP contribution in [-0.4, -0.2) is 17.4 Å².